The summed E-state index contributed by atoms with van der Waals surface area (Å²) in [6.45, 7) is 0. The van der Waals surface area contributed by atoms with Crippen molar-refractivity contribution in [2.24, 2.45) is 0 Å². The highest BCUT2D eigenvalue weighted by atomic mass is 32.2. The van der Waals surface area contributed by atoms with E-state index < -0.39 is 10.0 Å². The fraction of sp³-hybridized carbons (Fsp3) is 0.154. The number of pyridine rings is 1. The van der Waals surface area contributed by atoms with Gasteiger partial charge in [-0.05, 0) is 24.3 Å². The van der Waals surface area contributed by atoms with Crippen LogP contribution in [0.15, 0.2) is 41.4 Å². The number of benzene rings is 1. The molecule has 8 heteroatoms. The Hall–Kier alpha value is -2.48. The first-order valence-electron chi connectivity index (χ1n) is 5.92. The van der Waals surface area contributed by atoms with Gasteiger partial charge in [-0.25, -0.2) is 13.4 Å². The van der Waals surface area contributed by atoms with Crippen LogP contribution in [0.2, 0.25) is 0 Å². The third kappa shape index (κ3) is 3.34. The van der Waals surface area contributed by atoms with E-state index in [2.05, 4.69) is 9.71 Å². The lowest BCUT2D eigenvalue weighted by Gasteiger charge is -2.12. The first-order chi connectivity index (χ1) is 9.96. The molecule has 0 aliphatic rings. The minimum atomic E-state index is -3.83. The molecule has 0 unspecified atom stereocenters. The van der Waals surface area contributed by atoms with Crippen molar-refractivity contribution in [1.29, 1.82) is 0 Å². The second-order valence-electron chi connectivity index (χ2n) is 4.11. The topological polar surface area (TPSA) is 104 Å². The molecule has 0 bridgehead atoms. The number of aromatic nitrogens is 1. The Bertz CT molecular complexity index is 730. The SMILES string of the molecule is COc1ccc(NS(=O)(=O)c2cc(N)ccc2OC)cn1. The quantitative estimate of drug-likeness (QED) is 0.811. The van der Waals surface area contributed by atoms with Crippen LogP contribution in [0.1, 0.15) is 0 Å². The maximum absolute atomic E-state index is 12.4. The van der Waals surface area contributed by atoms with Crippen molar-refractivity contribution in [3.63, 3.8) is 0 Å². The fourth-order valence-corrected chi connectivity index (χ4v) is 2.92. The van der Waals surface area contributed by atoms with Crippen molar-refractivity contribution in [3.8, 4) is 11.6 Å². The highest BCUT2D eigenvalue weighted by molar-refractivity contribution is 7.92. The Kier molecular flexibility index (Phi) is 4.18. The fourth-order valence-electron chi connectivity index (χ4n) is 1.67. The average Bonchev–Trinajstić information content (AvgIpc) is 2.47. The molecule has 0 fully saturated rings. The van der Waals surface area contributed by atoms with E-state index in [9.17, 15) is 8.42 Å². The maximum Gasteiger partial charge on any atom is 0.265 e. The molecule has 0 amide bonds. The number of hydrogen-bond acceptors (Lipinski definition) is 6. The number of anilines is 2. The average molecular weight is 309 g/mol. The molecule has 0 saturated carbocycles. The van der Waals surface area contributed by atoms with Gasteiger partial charge in [0.05, 0.1) is 26.1 Å². The smallest absolute Gasteiger partial charge is 0.265 e. The van der Waals surface area contributed by atoms with Crippen molar-refractivity contribution < 1.29 is 17.9 Å². The van der Waals surface area contributed by atoms with Gasteiger partial charge in [-0.15, -0.1) is 0 Å². The lowest BCUT2D eigenvalue weighted by atomic mass is 10.3. The van der Waals surface area contributed by atoms with Gasteiger partial charge in [0.2, 0.25) is 5.88 Å². The van der Waals surface area contributed by atoms with Gasteiger partial charge in [0.1, 0.15) is 10.6 Å². The first-order valence-corrected chi connectivity index (χ1v) is 7.41. The largest absolute Gasteiger partial charge is 0.495 e. The molecule has 0 aliphatic carbocycles. The number of nitrogen functional groups attached to an aromatic ring is 1. The summed E-state index contributed by atoms with van der Waals surface area (Å²) in [6, 6.07) is 7.48. The van der Waals surface area contributed by atoms with Crippen molar-refractivity contribution in [2.45, 2.75) is 4.90 Å². The van der Waals surface area contributed by atoms with Crippen LogP contribution >= 0.6 is 0 Å². The summed E-state index contributed by atoms with van der Waals surface area (Å²) in [4.78, 5) is 3.89. The minimum absolute atomic E-state index is 0.0409. The summed E-state index contributed by atoms with van der Waals surface area (Å²) in [5.74, 6) is 0.595. The number of methoxy groups -OCH3 is 2. The Balaban J connectivity index is 2.35. The van der Waals surface area contributed by atoms with E-state index in [4.69, 9.17) is 15.2 Å². The Morgan fingerprint density at radius 1 is 1.14 bits per heavy atom. The molecule has 1 aromatic carbocycles. The normalized spacial score (nSPS) is 11.0. The van der Waals surface area contributed by atoms with Crippen molar-refractivity contribution in [1.82, 2.24) is 4.98 Å². The number of hydrogen-bond donors (Lipinski definition) is 2. The van der Waals surface area contributed by atoms with Gasteiger partial charge < -0.3 is 15.2 Å². The second kappa shape index (κ2) is 5.88. The summed E-state index contributed by atoms with van der Waals surface area (Å²) in [6.07, 6.45) is 1.36. The van der Waals surface area contributed by atoms with E-state index in [0.717, 1.165) is 0 Å². The first kappa shape index (κ1) is 14.9. The van der Waals surface area contributed by atoms with Crippen LogP contribution < -0.4 is 19.9 Å². The molecule has 7 nitrogen and oxygen atoms in total. The molecular formula is C13H15N3O4S. The monoisotopic (exact) mass is 309 g/mol. The molecule has 2 aromatic rings. The van der Waals surface area contributed by atoms with Crippen LogP contribution in [0, 0.1) is 0 Å². The Labute approximate surface area is 122 Å². The predicted octanol–water partition coefficient (Wildman–Crippen LogP) is 1.48. The molecule has 3 N–H and O–H groups in total. The van der Waals surface area contributed by atoms with E-state index in [1.807, 2.05) is 0 Å². The van der Waals surface area contributed by atoms with Gasteiger partial charge in [-0.1, -0.05) is 0 Å². The van der Waals surface area contributed by atoms with Gasteiger partial charge in [0, 0.05) is 11.8 Å². The molecule has 112 valence electrons. The predicted molar refractivity (Wildman–Crippen MR) is 79.0 cm³/mol. The van der Waals surface area contributed by atoms with E-state index in [1.54, 1.807) is 18.2 Å². The van der Waals surface area contributed by atoms with Crippen LogP contribution in [0.25, 0.3) is 0 Å². The molecule has 1 heterocycles. The third-order valence-electron chi connectivity index (χ3n) is 2.67. The molecule has 0 saturated heterocycles. The van der Waals surface area contributed by atoms with Gasteiger partial charge in [-0.2, -0.15) is 0 Å². The Morgan fingerprint density at radius 2 is 1.90 bits per heavy atom. The van der Waals surface area contributed by atoms with Crippen LogP contribution in [-0.2, 0) is 10.0 Å². The molecule has 0 radical (unpaired) electrons. The van der Waals surface area contributed by atoms with Crippen LogP contribution in [0.4, 0.5) is 11.4 Å². The number of nitrogens with one attached hydrogen (secondary N) is 1. The molecular weight excluding hydrogens is 294 g/mol. The highest BCUT2D eigenvalue weighted by Gasteiger charge is 2.20. The summed E-state index contributed by atoms with van der Waals surface area (Å²) in [5.41, 5.74) is 6.26. The number of nitrogens with zero attached hydrogens (tertiary/aromatic N) is 1. The number of ether oxygens (including phenoxy) is 2. The van der Waals surface area contributed by atoms with E-state index in [-0.39, 0.29) is 10.6 Å². The highest BCUT2D eigenvalue weighted by Crippen LogP contribution is 2.27. The zero-order chi connectivity index (χ0) is 15.5. The summed E-state index contributed by atoms with van der Waals surface area (Å²) < 4.78 is 37.1. The number of sulfonamides is 1. The van der Waals surface area contributed by atoms with Crippen molar-refractivity contribution >= 4 is 21.4 Å². The van der Waals surface area contributed by atoms with Crippen molar-refractivity contribution in [3.05, 3.63) is 36.5 Å². The van der Waals surface area contributed by atoms with Gasteiger partial charge in [-0.3, -0.25) is 4.72 Å². The van der Waals surface area contributed by atoms with E-state index in [0.29, 0.717) is 17.3 Å². The van der Waals surface area contributed by atoms with E-state index in [1.165, 1.54) is 32.5 Å². The van der Waals surface area contributed by atoms with Gasteiger partial charge in [0.25, 0.3) is 10.0 Å². The summed E-state index contributed by atoms with van der Waals surface area (Å²) >= 11 is 0. The maximum atomic E-state index is 12.4. The van der Waals surface area contributed by atoms with Crippen LogP contribution in [-0.4, -0.2) is 27.6 Å². The molecule has 2 rings (SSSR count). The molecule has 0 atom stereocenters. The van der Waals surface area contributed by atoms with Crippen LogP contribution in [0.3, 0.4) is 0 Å². The van der Waals surface area contributed by atoms with E-state index >= 15 is 0 Å². The van der Waals surface area contributed by atoms with Gasteiger partial charge >= 0.3 is 0 Å². The standard InChI is InChI=1S/C13H15N3O4S/c1-19-11-5-3-9(14)7-12(11)21(17,18)16-10-4-6-13(20-2)15-8-10/h3-8,16H,14H2,1-2H3. The number of nitrogens with two attached hydrogens (primary N) is 1. The third-order valence-corrected chi connectivity index (χ3v) is 4.08. The van der Waals surface area contributed by atoms with Crippen molar-refractivity contribution in [2.75, 3.05) is 24.7 Å². The van der Waals surface area contributed by atoms with Crippen LogP contribution in [0.5, 0.6) is 11.6 Å². The lowest BCUT2D eigenvalue weighted by Crippen LogP contribution is -2.14. The minimum Gasteiger partial charge on any atom is -0.495 e. The molecule has 0 spiro atoms. The zero-order valence-corrected chi connectivity index (χ0v) is 12.3. The lowest BCUT2D eigenvalue weighted by molar-refractivity contribution is 0.398. The molecule has 21 heavy (non-hydrogen) atoms. The van der Waals surface area contributed by atoms with Gasteiger partial charge in [0.15, 0.2) is 0 Å². The summed E-state index contributed by atoms with van der Waals surface area (Å²) in [7, 11) is -0.970. The number of rotatable bonds is 5. The second-order valence-corrected chi connectivity index (χ2v) is 5.76. The summed E-state index contributed by atoms with van der Waals surface area (Å²) in [5, 5.41) is 0. The molecule has 1 aromatic heterocycles. The molecule has 0 aliphatic heterocycles. The zero-order valence-electron chi connectivity index (χ0n) is 11.5. The Morgan fingerprint density at radius 3 is 2.48 bits per heavy atom.